The lowest BCUT2D eigenvalue weighted by molar-refractivity contribution is -0.141. The van der Waals surface area contributed by atoms with Crippen molar-refractivity contribution in [3.8, 4) is 33.0 Å². The molecule has 6 aromatic rings. The number of pyridine rings is 1. The summed E-state index contributed by atoms with van der Waals surface area (Å²) in [7, 11) is -1.14. The lowest BCUT2D eigenvalue weighted by Crippen LogP contribution is -2.25. The Labute approximate surface area is 261 Å². The van der Waals surface area contributed by atoms with Gasteiger partial charge >= 0.3 is 6.18 Å². The van der Waals surface area contributed by atoms with E-state index in [0.717, 1.165) is 32.3 Å². The van der Waals surface area contributed by atoms with Gasteiger partial charge in [-0.15, -0.1) is 11.3 Å². The summed E-state index contributed by atoms with van der Waals surface area (Å²) in [4.78, 5) is 17.8. The summed E-state index contributed by atoms with van der Waals surface area (Å²) in [5, 5.41) is 3.77. The molecule has 0 fully saturated rings. The number of nitrogens with one attached hydrogen (secondary N) is 1. The number of furan rings is 1. The second-order valence-corrected chi connectivity index (χ2v) is 13.7. The molecular weight excluding hydrogens is 624 g/mol. The van der Waals surface area contributed by atoms with Gasteiger partial charge in [0.05, 0.1) is 23.2 Å². The number of sulfonamides is 1. The molecule has 0 unspecified atom stereocenters. The van der Waals surface area contributed by atoms with Crippen molar-refractivity contribution >= 4 is 54.0 Å². The molecule has 0 bridgehead atoms. The molecule has 0 radical (unpaired) electrons. The predicted octanol–water partition coefficient (Wildman–Crippen LogP) is 8.13. The Balaban J connectivity index is 1.68. The van der Waals surface area contributed by atoms with Crippen molar-refractivity contribution in [1.82, 2.24) is 10.3 Å². The Kier molecular flexibility index (Phi) is 7.45. The van der Waals surface area contributed by atoms with Gasteiger partial charge in [0.2, 0.25) is 10.0 Å². The van der Waals surface area contributed by atoms with Crippen LogP contribution in [0.5, 0.6) is 0 Å². The fraction of sp³-hybridized carbons (Fsp3) is 0.152. The van der Waals surface area contributed by atoms with Crippen LogP contribution in [0.25, 0.3) is 54.1 Å². The number of aromatic nitrogens is 1. The number of amides is 1. The van der Waals surface area contributed by atoms with Crippen molar-refractivity contribution in [2.24, 2.45) is 0 Å². The standard InChI is InChI=1S/C33H26F3N3O4S2/c1-18-9-11-19(12-10-18)31-30(32(40)37-2)23-16-22(25(17-26(23)43-31)39(3)45(4,41)42)24-13-21(15-29(38-24)33(34,35)36)28-14-20-7-5-6-8-27(20)44-28/h5-17H,1-4H3,(H,37,40). The van der Waals surface area contributed by atoms with Gasteiger partial charge in [0.1, 0.15) is 17.0 Å². The molecule has 0 aliphatic carbocycles. The Morgan fingerprint density at radius 2 is 1.69 bits per heavy atom. The molecule has 0 atom stereocenters. The van der Waals surface area contributed by atoms with E-state index >= 15 is 0 Å². The molecule has 1 N–H and O–H groups in total. The number of aryl methyl sites for hydroxylation is 1. The van der Waals surface area contributed by atoms with E-state index in [-0.39, 0.29) is 44.8 Å². The number of benzene rings is 3. The van der Waals surface area contributed by atoms with Gasteiger partial charge < -0.3 is 9.73 Å². The summed E-state index contributed by atoms with van der Waals surface area (Å²) in [5.41, 5.74) is 1.03. The van der Waals surface area contributed by atoms with Crippen LogP contribution >= 0.6 is 11.3 Å². The van der Waals surface area contributed by atoms with E-state index in [1.807, 2.05) is 43.3 Å². The Morgan fingerprint density at radius 1 is 0.978 bits per heavy atom. The average molecular weight is 650 g/mol. The highest BCUT2D eigenvalue weighted by atomic mass is 32.2. The van der Waals surface area contributed by atoms with Gasteiger partial charge in [-0.25, -0.2) is 13.4 Å². The molecule has 3 heterocycles. The highest BCUT2D eigenvalue weighted by Crippen LogP contribution is 2.44. The number of halogens is 3. The van der Waals surface area contributed by atoms with Gasteiger partial charge in [0.15, 0.2) is 0 Å². The summed E-state index contributed by atoms with van der Waals surface area (Å²) in [5.74, 6) is -0.250. The number of carbonyl (C=O) groups is 1. The number of carbonyl (C=O) groups excluding carboxylic acids is 1. The van der Waals surface area contributed by atoms with E-state index in [9.17, 15) is 26.4 Å². The number of rotatable bonds is 6. The van der Waals surface area contributed by atoms with Gasteiger partial charge in [-0.3, -0.25) is 9.10 Å². The smallest absolute Gasteiger partial charge is 0.433 e. The topological polar surface area (TPSA) is 92.5 Å². The molecule has 0 saturated carbocycles. The second-order valence-electron chi connectivity index (χ2n) is 10.6. The van der Waals surface area contributed by atoms with Crippen molar-refractivity contribution in [1.29, 1.82) is 0 Å². The monoisotopic (exact) mass is 649 g/mol. The van der Waals surface area contributed by atoms with E-state index < -0.39 is 27.8 Å². The summed E-state index contributed by atoms with van der Waals surface area (Å²) in [6, 6.07) is 21.9. The van der Waals surface area contributed by atoms with Crippen LogP contribution in [0.3, 0.4) is 0 Å². The van der Waals surface area contributed by atoms with E-state index in [1.165, 1.54) is 43.6 Å². The van der Waals surface area contributed by atoms with Crippen LogP contribution in [-0.4, -0.2) is 39.7 Å². The van der Waals surface area contributed by atoms with Gasteiger partial charge in [-0.1, -0.05) is 48.0 Å². The largest absolute Gasteiger partial charge is 0.455 e. The lowest BCUT2D eigenvalue weighted by Gasteiger charge is -2.21. The SMILES string of the molecule is CNC(=O)c1c(-c2ccc(C)cc2)oc2cc(N(C)S(C)(=O)=O)c(-c3cc(-c4cc5ccccc5s4)cc(C(F)(F)F)n3)cc12. The van der Waals surface area contributed by atoms with Crippen LogP contribution in [-0.2, 0) is 16.2 Å². The van der Waals surface area contributed by atoms with Crippen LogP contribution < -0.4 is 9.62 Å². The Bertz CT molecular complexity index is 2190. The maximum atomic E-state index is 14.3. The average Bonchev–Trinajstić information content (AvgIpc) is 3.60. The maximum absolute atomic E-state index is 14.3. The highest BCUT2D eigenvalue weighted by Gasteiger charge is 2.34. The fourth-order valence-corrected chi connectivity index (χ4v) is 6.67. The summed E-state index contributed by atoms with van der Waals surface area (Å²) < 4.78 is 76.4. The van der Waals surface area contributed by atoms with Crippen LogP contribution in [0.4, 0.5) is 18.9 Å². The highest BCUT2D eigenvalue weighted by molar-refractivity contribution is 7.92. The number of alkyl halides is 3. The Morgan fingerprint density at radius 3 is 2.33 bits per heavy atom. The van der Waals surface area contributed by atoms with E-state index in [1.54, 1.807) is 18.2 Å². The van der Waals surface area contributed by atoms with Gasteiger partial charge in [-0.05, 0) is 48.2 Å². The zero-order valence-electron chi connectivity index (χ0n) is 24.5. The first kappa shape index (κ1) is 30.4. The molecular formula is C33H26F3N3O4S2. The summed E-state index contributed by atoms with van der Waals surface area (Å²) in [6.07, 6.45) is -3.81. The van der Waals surface area contributed by atoms with Crippen molar-refractivity contribution in [2.45, 2.75) is 13.1 Å². The third-order valence-corrected chi connectivity index (χ3v) is 9.87. The van der Waals surface area contributed by atoms with Crippen LogP contribution in [0.1, 0.15) is 21.6 Å². The predicted molar refractivity (Wildman–Crippen MR) is 172 cm³/mol. The fourth-order valence-electron chi connectivity index (χ4n) is 5.12. The number of thiophene rings is 1. The third kappa shape index (κ3) is 5.67. The van der Waals surface area contributed by atoms with Gasteiger partial charge in [0.25, 0.3) is 5.91 Å². The van der Waals surface area contributed by atoms with Crippen LogP contribution in [0.15, 0.2) is 83.3 Å². The minimum absolute atomic E-state index is 0.0341. The molecule has 3 aromatic carbocycles. The first-order valence-corrected chi connectivity index (χ1v) is 16.3. The molecule has 7 nitrogen and oxygen atoms in total. The minimum atomic E-state index is -4.80. The first-order valence-electron chi connectivity index (χ1n) is 13.7. The molecule has 0 spiro atoms. The quantitative estimate of drug-likeness (QED) is 0.197. The number of fused-ring (bicyclic) bond motifs is 2. The van der Waals surface area contributed by atoms with E-state index in [2.05, 4.69) is 10.3 Å². The molecule has 230 valence electrons. The zero-order valence-corrected chi connectivity index (χ0v) is 26.1. The molecule has 0 saturated heterocycles. The zero-order chi connectivity index (χ0) is 32.3. The number of nitrogens with zero attached hydrogens (tertiary/aromatic N) is 2. The lowest BCUT2D eigenvalue weighted by atomic mass is 9.99. The second kappa shape index (κ2) is 11.0. The molecule has 6 rings (SSSR count). The third-order valence-electron chi connectivity index (χ3n) is 7.51. The van der Waals surface area contributed by atoms with Gasteiger partial charge in [0, 0.05) is 46.3 Å². The Hall–Kier alpha value is -4.68. The molecule has 0 aliphatic heterocycles. The first-order chi connectivity index (χ1) is 21.2. The summed E-state index contributed by atoms with van der Waals surface area (Å²) >= 11 is 1.33. The summed E-state index contributed by atoms with van der Waals surface area (Å²) in [6.45, 7) is 1.91. The van der Waals surface area contributed by atoms with Crippen LogP contribution in [0, 0.1) is 6.92 Å². The van der Waals surface area contributed by atoms with E-state index in [0.29, 0.717) is 10.4 Å². The van der Waals surface area contributed by atoms with Crippen molar-refractivity contribution in [2.75, 3.05) is 24.7 Å². The normalized spacial score (nSPS) is 12.2. The van der Waals surface area contributed by atoms with Crippen molar-refractivity contribution < 1.29 is 30.8 Å². The van der Waals surface area contributed by atoms with Crippen molar-refractivity contribution in [3.05, 3.63) is 95.7 Å². The van der Waals surface area contributed by atoms with E-state index in [4.69, 9.17) is 4.42 Å². The number of hydrogen-bond acceptors (Lipinski definition) is 6. The van der Waals surface area contributed by atoms with Gasteiger partial charge in [-0.2, -0.15) is 13.2 Å². The van der Waals surface area contributed by atoms with Crippen molar-refractivity contribution in [3.63, 3.8) is 0 Å². The molecule has 45 heavy (non-hydrogen) atoms. The minimum Gasteiger partial charge on any atom is -0.455 e. The number of anilines is 1. The number of hydrogen-bond donors (Lipinski definition) is 1. The molecule has 0 aliphatic rings. The maximum Gasteiger partial charge on any atom is 0.433 e. The molecule has 1 amide bonds. The molecule has 3 aromatic heterocycles. The molecule has 12 heteroatoms. The van der Waals surface area contributed by atoms with Crippen LogP contribution in [0.2, 0.25) is 0 Å².